The Morgan fingerprint density at radius 1 is 1.03 bits per heavy atom. The molecule has 0 saturated carbocycles. The van der Waals surface area contributed by atoms with Gasteiger partial charge < -0.3 is 29.6 Å². The summed E-state index contributed by atoms with van der Waals surface area (Å²) in [5.74, 6) is 1.00. The lowest BCUT2D eigenvalue weighted by molar-refractivity contribution is 0.101. The zero-order chi connectivity index (χ0) is 26.9. The monoisotopic (exact) mass is 525 g/mol. The lowest BCUT2D eigenvalue weighted by Crippen LogP contribution is -2.47. The van der Waals surface area contributed by atoms with Crippen molar-refractivity contribution in [3.63, 3.8) is 0 Å². The standard InChI is InChI=1S/C30H27N3O6/c34-24-10-9-22-28(35)26(39-29(22)23(24)17-32-11-13-33(14-12-32)30(36)37)15-20-16-31-27-21(20)7-4-8-25(27)38-18-19-5-2-1-3-6-19/h1-10,15-16,31,34H,11-14,17-18H2,(H,36,37)/b26-15-. The van der Waals surface area contributed by atoms with E-state index < -0.39 is 6.09 Å². The van der Waals surface area contributed by atoms with Gasteiger partial charge in [0, 0.05) is 49.9 Å². The van der Waals surface area contributed by atoms with Gasteiger partial charge in [0.15, 0.2) is 5.76 Å². The van der Waals surface area contributed by atoms with Gasteiger partial charge in [-0.3, -0.25) is 9.69 Å². The van der Waals surface area contributed by atoms with Crippen molar-refractivity contribution in [2.45, 2.75) is 13.2 Å². The van der Waals surface area contributed by atoms with Crippen molar-refractivity contribution < 1.29 is 29.3 Å². The number of aromatic nitrogens is 1. The lowest BCUT2D eigenvalue weighted by Gasteiger charge is -2.33. The summed E-state index contributed by atoms with van der Waals surface area (Å²) in [5.41, 5.74) is 3.58. The fourth-order valence-corrected chi connectivity index (χ4v) is 5.04. The Morgan fingerprint density at radius 2 is 1.82 bits per heavy atom. The third-order valence-corrected chi connectivity index (χ3v) is 7.17. The van der Waals surface area contributed by atoms with Crippen molar-refractivity contribution in [1.29, 1.82) is 0 Å². The van der Waals surface area contributed by atoms with Gasteiger partial charge in [0.25, 0.3) is 0 Å². The number of carbonyl (C=O) groups is 2. The van der Waals surface area contributed by atoms with Gasteiger partial charge in [-0.15, -0.1) is 0 Å². The van der Waals surface area contributed by atoms with E-state index >= 15 is 0 Å². The van der Waals surface area contributed by atoms with Crippen LogP contribution < -0.4 is 9.47 Å². The van der Waals surface area contributed by atoms with Crippen molar-refractivity contribution in [2.75, 3.05) is 26.2 Å². The Balaban J connectivity index is 1.23. The molecule has 3 aromatic carbocycles. The number of hydrogen-bond donors (Lipinski definition) is 3. The number of ether oxygens (including phenoxy) is 2. The average molecular weight is 526 g/mol. The molecule has 3 N–H and O–H groups in total. The molecule has 9 heteroatoms. The molecule has 0 unspecified atom stereocenters. The smallest absolute Gasteiger partial charge is 0.407 e. The summed E-state index contributed by atoms with van der Waals surface area (Å²) in [5, 5.41) is 20.7. The number of carbonyl (C=O) groups excluding carboxylic acids is 1. The minimum Gasteiger partial charge on any atom is -0.507 e. The maximum absolute atomic E-state index is 13.3. The highest BCUT2D eigenvalue weighted by Crippen LogP contribution is 2.41. The third kappa shape index (κ3) is 4.80. The van der Waals surface area contributed by atoms with Crippen LogP contribution in [0, 0.1) is 0 Å². The van der Waals surface area contributed by atoms with E-state index in [1.54, 1.807) is 12.1 Å². The number of carboxylic acid groups (broad SMARTS) is 1. The highest BCUT2D eigenvalue weighted by Gasteiger charge is 2.32. The number of H-pyrrole nitrogens is 1. The second-order valence-electron chi connectivity index (χ2n) is 9.62. The highest BCUT2D eigenvalue weighted by molar-refractivity contribution is 6.15. The lowest BCUT2D eigenvalue weighted by atomic mass is 10.0. The number of nitrogens with one attached hydrogen (secondary N) is 1. The van der Waals surface area contributed by atoms with E-state index in [2.05, 4.69) is 4.98 Å². The molecule has 0 spiro atoms. The molecular weight excluding hydrogens is 498 g/mol. The first kappa shape index (κ1) is 24.6. The number of piperazine rings is 1. The molecule has 1 saturated heterocycles. The van der Waals surface area contributed by atoms with Crippen molar-refractivity contribution in [3.8, 4) is 17.2 Å². The topological polar surface area (TPSA) is 115 Å². The molecule has 2 aliphatic heterocycles. The van der Waals surface area contributed by atoms with Crippen LogP contribution in [0.15, 0.2) is 72.6 Å². The number of ketones is 1. The van der Waals surface area contributed by atoms with E-state index in [0.717, 1.165) is 22.0 Å². The number of amides is 1. The van der Waals surface area contributed by atoms with Gasteiger partial charge in [-0.2, -0.15) is 0 Å². The summed E-state index contributed by atoms with van der Waals surface area (Å²) >= 11 is 0. The number of rotatable bonds is 6. The Hall–Kier alpha value is -4.76. The minimum atomic E-state index is -0.936. The molecule has 1 amide bonds. The normalized spacial score (nSPS) is 16.5. The van der Waals surface area contributed by atoms with Crippen LogP contribution in [0.3, 0.4) is 0 Å². The number of aromatic amines is 1. The predicted octanol–water partition coefficient (Wildman–Crippen LogP) is 4.86. The first-order valence-electron chi connectivity index (χ1n) is 12.7. The van der Waals surface area contributed by atoms with E-state index in [-0.39, 0.29) is 17.3 Å². The summed E-state index contributed by atoms with van der Waals surface area (Å²) < 4.78 is 12.1. The number of hydrogen-bond acceptors (Lipinski definition) is 6. The maximum atomic E-state index is 13.3. The number of fused-ring (bicyclic) bond motifs is 2. The summed E-state index contributed by atoms with van der Waals surface area (Å²) in [4.78, 5) is 31.1. The van der Waals surface area contributed by atoms with Crippen LogP contribution in [0.5, 0.6) is 17.2 Å². The molecular formula is C30H27N3O6. The van der Waals surface area contributed by atoms with Crippen molar-refractivity contribution in [3.05, 3.63) is 94.9 Å². The number of nitrogens with zero attached hydrogens (tertiary/aromatic N) is 2. The Morgan fingerprint density at radius 3 is 2.59 bits per heavy atom. The molecule has 39 heavy (non-hydrogen) atoms. The molecule has 1 aromatic heterocycles. The number of Topliss-reactive ketones (excluding diaryl/α,β-unsaturated/α-hetero) is 1. The molecule has 0 atom stereocenters. The molecule has 198 valence electrons. The summed E-state index contributed by atoms with van der Waals surface area (Å²) in [6, 6.07) is 18.8. The van der Waals surface area contributed by atoms with Crippen LogP contribution in [0.25, 0.3) is 17.0 Å². The predicted molar refractivity (Wildman–Crippen MR) is 145 cm³/mol. The van der Waals surface area contributed by atoms with E-state index in [4.69, 9.17) is 9.47 Å². The van der Waals surface area contributed by atoms with E-state index in [1.807, 2.05) is 59.6 Å². The molecule has 3 heterocycles. The average Bonchev–Trinajstić information content (AvgIpc) is 3.51. The fourth-order valence-electron chi connectivity index (χ4n) is 5.04. The molecule has 6 rings (SSSR count). The number of aromatic hydroxyl groups is 1. The zero-order valence-electron chi connectivity index (χ0n) is 21.1. The molecule has 0 aliphatic carbocycles. The molecule has 9 nitrogen and oxygen atoms in total. The van der Waals surface area contributed by atoms with E-state index in [1.165, 1.54) is 11.0 Å². The molecule has 1 fully saturated rings. The highest BCUT2D eigenvalue weighted by atomic mass is 16.5. The number of allylic oxidation sites excluding steroid dienone is 1. The molecule has 4 aromatic rings. The van der Waals surface area contributed by atoms with Gasteiger partial charge in [0.1, 0.15) is 23.9 Å². The van der Waals surface area contributed by atoms with E-state index in [0.29, 0.717) is 62.0 Å². The second-order valence-corrected chi connectivity index (χ2v) is 9.62. The van der Waals surface area contributed by atoms with Crippen molar-refractivity contribution in [1.82, 2.24) is 14.8 Å². The maximum Gasteiger partial charge on any atom is 0.407 e. The van der Waals surface area contributed by atoms with Gasteiger partial charge in [-0.1, -0.05) is 42.5 Å². The fraction of sp³-hybridized carbons (Fsp3) is 0.200. The van der Waals surface area contributed by atoms with Crippen LogP contribution in [0.1, 0.15) is 27.0 Å². The number of para-hydroxylation sites is 1. The third-order valence-electron chi connectivity index (χ3n) is 7.17. The molecule has 0 bridgehead atoms. The van der Waals surface area contributed by atoms with Crippen LogP contribution in [-0.4, -0.2) is 63.1 Å². The SMILES string of the molecule is O=C1/C(=C/c2c[nH]c3c(OCc4ccccc4)cccc23)Oc2c1ccc(O)c2CN1CCN(C(=O)O)CC1. The first-order chi connectivity index (χ1) is 19.0. The Bertz CT molecular complexity index is 1590. The Kier molecular flexibility index (Phi) is 6.42. The number of phenolic OH excluding ortho intramolecular Hbond substituents is 1. The molecule has 0 radical (unpaired) electrons. The van der Waals surface area contributed by atoms with Crippen LogP contribution in [-0.2, 0) is 13.2 Å². The van der Waals surface area contributed by atoms with Crippen LogP contribution in [0.2, 0.25) is 0 Å². The zero-order valence-corrected chi connectivity index (χ0v) is 21.1. The van der Waals surface area contributed by atoms with Crippen LogP contribution in [0.4, 0.5) is 4.79 Å². The van der Waals surface area contributed by atoms with E-state index in [9.17, 15) is 19.8 Å². The summed E-state index contributed by atoms with van der Waals surface area (Å²) in [6.07, 6.45) is 2.58. The van der Waals surface area contributed by atoms with Gasteiger partial charge in [-0.25, -0.2) is 4.79 Å². The Labute approximate surface area is 224 Å². The summed E-state index contributed by atoms with van der Waals surface area (Å²) in [7, 11) is 0. The summed E-state index contributed by atoms with van der Waals surface area (Å²) in [6.45, 7) is 2.59. The van der Waals surface area contributed by atoms with Gasteiger partial charge in [-0.05, 0) is 29.8 Å². The van der Waals surface area contributed by atoms with Gasteiger partial charge in [0.05, 0.1) is 16.6 Å². The first-order valence-corrected chi connectivity index (χ1v) is 12.7. The van der Waals surface area contributed by atoms with Crippen LogP contribution >= 0.6 is 0 Å². The largest absolute Gasteiger partial charge is 0.507 e. The van der Waals surface area contributed by atoms with Gasteiger partial charge in [0.2, 0.25) is 5.78 Å². The van der Waals surface area contributed by atoms with Gasteiger partial charge >= 0.3 is 6.09 Å². The van der Waals surface area contributed by atoms with Crippen molar-refractivity contribution in [2.24, 2.45) is 0 Å². The minimum absolute atomic E-state index is 0.0377. The number of benzene rings is 3. The van der Waals surface area contributed by atoms with Crippen molar-refractivity contribution >= 4 is 28.9 Å². The second kappa shape index (κ2) is 10.2. The molecule has 2 aliphatic rings. The number of phenols is 1. The quantitative estimate of drug-likeness (QED) is 0.308.